The van der Waals surface area contributed by atoms with Gasteiger partial charge in [-0.1, -0.05) is 0 Å². The van der Waals surface area contributed by atoms with Crippen molar-refractivity contribution in [3.05, 3.63) is 47.9 Å². The number of rotatable bonds is 3. The maximum Gasteiger partial charge on any atom is 0.261 e. The minimum absolute atomic E-state index is 0.0390. The predicted molar refractivity (Wildman–Crippen MR) is 110 cm³/mol. The topological polar surface area (TPSA) is 62.6 Å². The van der Waals surface area contributed by atoms with Gasteiger partial charge in [0.2, 0.25) is 5.91 Å². The lowest BCUT2D eigenvalue weighted by Gasteiger charge is -2.55. The van der Waals surface area contributed by atoms with Crippen molar-refractivity contribution in [1.82, 2.24) is 0 Å². The van der Waals surface area contributed by atoms with Crippen LogP contribution in [-0.2, 0) is 11.2 Å². The first-order valence-corrected chi connectivity index (χ1v) is 10.9. The SMILES string of the molecule is O=C(c1ccoc1)N1CCc2cc(NC(=O)C34CC5CC(CC(C5)C3)C4)ccc21. The molecule has 4 fully saturated rings. The third-order valence-corrected chi connectivity index (χ3v) is 7.77. The summed E-state index contributed by atoms with van der Waals surface area (Å²) < 4.78 is 5.05. The number of hydrogen-bond donors (Lipinski definition) is 1. The summed E-state index contributed by atoms with van der Waals surface area (Å²) in [5.41, 5.74) is 3.34. The molecule has 4 saturated carbocycles. The van der Waals surface area contributed by atoms with E-state index >= 15 is 0 Å². The average Bonchev–Trinajstić information content (AvgIpc) is 3.36. The molecule has 1 aromatic carbocycles. The van der Waals surface area contributed by atoms with E-state index in [1.54, 1.807) is 11.0 Å². The molecule has 5 heteroatoms. The summed E-state index contributed by atoms with van der Waals surface area (Å²) in [6.07, 6.45) is 11.0. The molecule has 2 aromatic rings. The number of furan rings is 1. The second kappa shape index (κ2) is 6.22. The van der Waals surface area contributed by atoms with Gasteiger partial charge in [-0.05, 0) is 92.5 Å². The Morgan fingerprint density at radius 1 is 1.03 bits per heavy atom. The van der Waals surface area contributed by atoms with Crippen molar-refractivity contribution in [3.63, 3.8) is 0 Å². The van der Waals surface area contributed by atoms with E-state index in [1.807, 2.05) is 12.1 Å². The van der Waals surface area contributed by atoms with E-state index in [4.69, 9.17) is 4.42 Å². The van der Waals surface area contributed by atoms with Gasteiger partial charge in [-0.25, -0.2) is 0 Å². The van der Waals surface area contributed by atoms with Crippen LogP contribution in [0.2, 0.25) is 0 Å². The molecule has 4 bridgehead atoms. The molecule has 0 radical (unpaired) electrons. The minimum Gasteiger partial charge on any atom is -0.472 e. The van der Waals surface area contributed by atoms with Gasteiger partial charge in [0.15, 0.2) is 0 Å². The van der Waals surface area contributed by atoms with Crippen LogP contribution in [0.3, 0.4) is 0 Å². The highest BCUT2D eigenvalue weighted by molar-refractivity contribution is 6.07. The first-order valence-electron chi connectivity index (χ1n) is 10.9. The van der Waals surface area contributed by atoms with E-state index in [0.717, 1.165) is 60.4 Å². The van der Waals surface area contributed by atoms with Gasteiger partial charge in [0.25, 0.3) is 5.91 Å². The second-order valence-corrected chi connectivity index (χ2v) is 9.71. The van der Waals surface area contributed by atoms with Crippen molar-refractivity contribution in [2.75, 3.05) is 16.8 Å². The molecule has 0 saturated heterocycles. The van der Waals surface area contributed by atoms with Crippen molar-refractivity contribution < 1.29 is 14.0 Å². The number of benzene rings is 1. The summed E-state index contributed by atoms with van der Waals surface area (Å²) in [5, 5.41) is 3.24. The third-order valence-electron chi connectivity index (χ3n) is 7.77. The van der Waals surface area contributed by atoms with E-state index in [1.165, 1.54) is 31.8 Å². The Morgan fingerprint density at radius 3 is 2.41 bits per heavy atom. The van der Waals surface area contributed by atoms with E-state index in [0.29, 0.717) is 12.1 Å². The Kier molecular flexibility index (Phi) is 3.71. The first-order chi connectivity index (χ1) is 14.1. The number of carbonyl (C=O) groups is 2. The number of nitrogens with one attached hydrogen (secondary N) is 1. The summed E-state index contributed by atoms with van der Waals surface area (Å²) in [4.78, 5) is 27.8. The Balaban J connectivity index is 1.21. The van der Waals surface area contributed by atoms with Crippen LogP contribution in [0.1, 0.15) is 54.4 Å². The maximum absolute atomic E-state index is 13.3. The highest BCUT2D eigenvalue weighted by Crippen LogP contribution is 2.60. The van der Waals surface area contributed by atoms with Crippen molar-refractivity contribution in [2.24, 2.45) is 23.2 Å². The molecule has 150 valence electrons. The van der Waals surface area contributed by atoms with Crippen LogP contribution < -0.4 is 10.2 Å². The van der Waals surface area contributed by atoms with E-state index in [2.05, 4.69) is 11.4 Å². The Bertz CT molecular complexity index is 943. The quantitative estimate of drug-likeness (QED) is 0.831. The molecular formula is C24H26N2O3. The van der Waals surface area contributed by atoms with Gasteiger partial charge in [0.1, 0.15) is 6.26 Å². The highest BCUT2D eigenvalue weighted by atomic mass is 16.3. The molecular weight excluding hydrogens is 364 g/mol. The fourth-order valence-electron chi connectivity index (χ4n) is 6.88. The Morgan fingerprint density at radius 2 is 1.76 bits per heavy atom. The van der Waals surface area contributed by atoms with Crippen LogP contribution >= 0.6 is 0 Å². The van der Waals surface area contributed by atoms with Gasteiger partial charge in [-0.15, -0.1) is 0 Å². The first kappa shape index (κ1) is 17.3. The van der Waals surface area contributed by atoms with Crippen molar-refractivity contribution >= 4 is 23.2 Å². The smallest absolute Gasteiger partial charge is 0.261 e. The minimum atomic E-state index is -0.142. The van der Waals surface area contributed by atoms with Crippen LogP contribution in [0.5, 0.6) is 0 Å². The van der Waals surface area contributed by atoms with Gasteiger partial charge in [-0.3, -0.25) is 9.59 Å². The van der Waals surface area contributed by atoms with Crippen LogP contribution in [0, 0.1) is 23.2 Å². The number of nitrogens with zero attached hydrogens (tertiary/aromatic N) is 1. The number of fused-ring (bicyclic) bond motifs is 1. The third kappa shape index (κ3) is 2.74. The molecule has 0 atom stereocenters. The summed E-state index contributed by atoms with van der Waals surface area (Å²) in [7, 11) is 0. The molecule has 7 rings (SSSR count). The lowest BCUT2D eigenvalue weighted by Crippen LogP contribution is -2.51. The lowest BCUT2D eigenvalue weighted by atomic mass is 9.49. The van der Waals surface area contributed by atoms with Crippen molar-refractivity contribution in [3.8, 4) is 0 Å². The highest BCUT2D eigenvalue weighted by Gasteiger charge is 2.54. The normalized spacial score (nSPS) is 31.7. The van der Waals surface area contributed by atoms with E-state index in [-0.39, 0.29) is 17.2 Å². The molecule has 0 spiro atoms. The summed E-state index contributed by atoms with van der Waals surface area (Å²) in [5.74, 6) is 2.46. The number of hydrogen-bond acceptors (Lipinski definition) is 3. The van der Waals surface area contributed by atoms with Gasteiger partial charge < -0.3 is 14.6 Å². The molecule has 1 aliphatic heterocycles. The summed E-state index contributed by atoms with van der Waals surface area (Å²) in [6, 6.07) is 7.66. The molecule has 1 aromatic heterocycles. The number of anilines is 2. The Labute approximate surface area is 170 Å². The van der Waals surface area contributed by atoms with Gasteiger partial charge >= 0.3 is 0 Å². The zero-order chi connectivity index (χ0) is 19.6. The van der Waals surface area contributed by atoms with Gasteiger partial charge in [-0.2, -0.15) is 0 Å². The van der Waals surface area contributed by atoms with Crippen molar-refractivity contribution in [1.29, 1.82) is 0 Å². The molecule has 2 amide bonds. The molecule has 1 N–H and O–H groups in total. The molecule has 0 unspecified atom stereocenters. The van der Waals surface area contributed by atoms with Crippen molar-refractivity contribution in [2.45, 2.75) is 44.9 Å². The molecule has 5 aliphatic rings. The zero-order valence-electron chi connectivity index (χ0n) is 16.5. The predicted octanol–water partition coefficient (Wildman–Crippen LogP) is 4.64. The maximum atomic E-state index is 13.3. The van der Waals surface area contributed by atoms with Gasteiger partial charge in [0.05, 0.1) is 17.2 Å². The molecule has 2 heterocycles. The molecule has 5 nitrogen and oxygen atoms in total. The van der Waals surface area contributed by atoms with Crippen LogP contribution in [-0.4, -0.2) is 18.4 Å². The van der Waals surface area contributed by atoms with Crippen LogP contribution in [0.4, 0.5) is 11.4 Å². The van der Waals surface area contributed by atoms with Gasteiger partial charge in [0, 0.05) is 17.9 Å². The zero-order valence-corrected chi connectivity index (χ0v) is 16.5. The fraction of sp³-hybridized carbons (Fsp3) is 0.500. The lowest BCUT2D eigenvalue weighted by molar-refractivity contribution is -0.140. The van der Waals surface area contributed by atoms with Crippen LogP contribution in [0.25, 0.3) is 0 Å². The summed E-state index contributed by atoms with van der Waals surface area (Å²) in [6.45, 7) is 0.658. The number of amides is 2. The summed E-state index contributed by atoms with van der Waals surface area (Å²) >= 11 is 0. The van der Waals surface area contributed by atoms with Crippen LogP contribution in [0.15, 0.2) is 41.2 Å². The largest absolute Gasteiger partial charge is 0.472 e. The standard InChI is InChI=1S/C24H26N2O3/c27-22(19-4-6-29-14-19)26-5-3-18-10-20(1-2-21(18)26)25-23(28)24-11-15-7-16(12-24)9-17(8-15)13-24/h1-2,4,6,10,14-17H,3,5,7-9,11-13H2,(H,25,28). The average molecular weight is 390 g/mol. The van der Waals surface area contributed by atoms with E-state index < -0.39 is 0 Å². The molecule has 29 heavy (non-hydrogen) atoms. The second-order valence-electron chi connectivity index (χ2n) is 9.71. The molecule has 4 aliphatic carbocycles. The monoisotopic (exact) mass is 390 g/mol. The Hall–Kier alpha value is -2.56. The van der Waals surface area contributed by atoms with E-state index in [9.17, 15) is 9.59 Å². The fourth-order valence-corrected chi connectivity index (χ4v) is 6.88. The number of carbonyl (C=O) groups excluding carboxylic acids is 2.